The minimum absolute atomic E-state index is 0.0126. The van der Waals surface area contributed by atoms with Gasteiger partial charge in [-0.1, -0.05) is 54.1 Å². The van der Waals surface area contributed by atoms with Gasteiger partial charge in [-0.25, -0.2) is 8.42 Å². The maximum Gasteiger partial charge on any atom is 0.207 e. The van der Waals surface area contributed by atoms with E-state index < -0.39 is 9.84 Å². The average Bonchev–Trinajstić information content (AvgIpc) is 2.71. The number of hydrogen-bond donors (Lipinski definition) is 1. The number of hydrogen-bond acceptors (Lipinski definition) is 4. The molecule has 0 saturated carbocycles. The van der Waals surface area contributed by atoms with Crippen molar-refractivity contribution >= 4 is 32.3 Å². The number of phenols is 1. The van der Waals surface area contributed by atoms with Crippen LogP contribution in [-0.2, 0) is 9.84 Å². The average molecular weight is 396 g/mol. The lowest BCUT2D eigenvalue weighted by Gasteiger charge is -2.11. The number of benzene rings is 3. The summed E-state index contributed by atoms with van der Waals surface area (Å²) in [6.45, 7) is 0. The van der Waals surface area contributed by atoms with E-state index in [4.69, 9.17) is 11.6 Å². The quantitative estimate of drug-likeness (QED) is 0.524. The Balaban J connectivity index is 1.94. The van der Waals surface area contributed by atoms with Crippen molar-refractivity contribution in [3.63, 3.8) is 0 Å². The Morgan fingerprint density at radius 1 is 0.852 bits per heavy atom. The SMILES string of the molecule is O=S(=O)(c1cccc(-c2ccccc2)c1)c1cc(Cl)c(O)c2ncccc12. The number of sulfone groups is 1. The fraction of sp³-hybridized carbons (Fsp3) is 0. The van der Waals surface area contributed by atoms with Gasteiger partial charge < -0.3 is 5.11 Å². The molecular formula is C21H14ClNO3S. The normalized spacial score (nSPS) is 11.6. The molecule has 6 heteroatoms. The Morgan fingerprint density at radius 3 is 2.37 bits per heavy atom. The first kappa shape index (κ1) is 17.5. The lowest BCUT2D eigenvalue weighted by molar-refractivity contribution is 0.480. The van der Waals surface area contributed by atoms with Crippen LogP contribution in [-0.4, -0.2) is 18.5 Å². The minimum Gasteiger partial charge on any atom is -0.504 e. The van der Waals surface area contributed by atoms with Crippen LogP contribution in [0.4, 0.5) is 0 Å². The summed E-state index contributed by atoms with van der Waals surface area (Å²) in [6, 6.07) is 20.8. The highest BCUT2D eigenvalue weighted by Crippen LogP contribution is 2.38. The van der Waals surface area contributed by atoms with Crippen molar-refractivity contribution in [3.8, 4) is 16.9 Å². The van der Waals surface area contributed by atoms with Gasteiger partial charge in [-0.05, 0) is 41.5 Å². The van der Waals surface area contributed by atoms with E-state index in [9.17, 15) is 13.5 Å². The first-order chi connectivity index (χ1) is 13.0. The van der Waals surface area contributed by atoms with Crippen molar-refractivity contribution in [2.75, 3.05) is 0 Å². The Morgan fingerprint density at radius 2 is 1.59 bits per heavy atom. The van der Waals surface area contributed by atoms with E-state index in [0.717, 1.165) is 11.1 Å². The summed E-state index contributed by atoms with van der Waals surface area (Å²) in [7, 11) is -3.87. The molecule has 0 bridgehead atoms. The van der Waals surface area contributed by atoms with Crippen LogP contribution < -0.4 is 0 Å². The summed E-state index contributed by atoms with van der Waals surface area (Å²) in [5, 5.41) is 10.4. The van der Waals surface area contributed by atoms with Gasteiger partial charge in [-0.3, -0.25) is 4.98 Å². The van der Waals surface area contributed by atoms with Gasteiger partial charge in [0.25, 0.3) is 0 Å². The van der Waals surface area contributed by atoms with Crippen LogP contribution in [0.5, 0.6) is 5.75 Å². The van der Waals surface area contributed by atoms with E-state index in [1.54, 1.807) is 30.3 Å². The van der Waals surface area contributed by atoms with Gasteiger partial charge in [0.2, 0.25) is 9.84 Å². The molecule has 0 radical (unpaired) electrons. The minimum atomic E-state index is -3.87. The third-order valence-electron chi connectivity index (χ3n) is 4.32. The number of aromatic nitrogens is 1. The van der Waals surface area contributed by atoms with Gasteiger partial charge in [-0.15, -0.1) is 0 Å². The van der Waals surface area contributed by atoms with Crippen LogP contribution in [0.3, 0.4) is 0 Å². The molecule has 4 aromatic rings. The van der Waals surface area contributed by atoms with E-state index in [2.05, 4.69) is 4.98 Å². The third-order valence-corrected chi connectivity index (χ3v) is 6.40. The molecule has 0 aliphatic rings. The molecule has 0 saturated heterocycles. The summed E-state index contributed by atoms with van der Waals surface area (Å²) < 4.78 is 26.7. The maximum absolute atomic E-state index is 13.3. The Hall–Kier alpha value is -2.89. The highest BCUT2D eigenvalue weighted by molar-refractivity contribution is 7.91. The van der Waals surface area contributed by atoms with Crippen LogP contribution in [0.1, 0.15) is 0 Å². The van der Waals surface area contributed by atoms with Crippen molar-refractivity contribution in [1.82, 2.24) is 4.98 Å². The third kappa shape index (κ3) is 3.05. The number of pyridine rings is 1. The van der Waals surface area contributed by atoms with Gasteiger partial charge in [0.05, 0.1) is 14.8 Å². The Bertz CT molecular complexity index is 1260. The molecule has 1 heterocycles. The first-order valence-electron chi connectivity index (χ1n) is 8.15. The van der Waals surface area contributed by atoms with Crippen LogP contribution in [0, 0.1) is 0 Å². The molecular weight excluding hydrogens is 382 g/mol. The van der Waals surface area contributed by atoms with E-state index >= 15 is 0 Å². The molecule has 0 unspecified atom stereocenters. The van der Waals surface area contributed by atoms with E-state index in [0.29, 0.717) is 5.39 Å². The number of rotatable bonds is 3. The Labute approximate surface area is 161 Å². The van der Waals surface area contributed by atoms with E-state index in [1.807, 2.05) is 36.4 Å². The topological polar surface area (TPSA) is 67.3 Å². The van der Waals surface area contributed by atoms with Crippen molar-refractivity contribution in [3.05, 3.63) is 84.0 Å². The zero-order chi connectivity index (χ0) is 19.0. The monoisotopic (exact) mass is 395 g/mol. The molecule has 3 aromatic carbocycles. The zero-order valence-electron chi connectivity index (χ0n) is 14.0. The lowest BCUT2D eigenvalue weighted by atomic mass is 10.1. The molecule has 1 N–H and O–H groups in total. The smallest absolute Gasteiger partial charge is 0.207 e. The van der Waals surface area contributed by atoms with Crippen molar-refractivity contribution in [2.24, 2.45) is 0 Å². The standard InChI is InChI=1S/C21H14ClNO3S/c22-18-13-19(17-10-5-11-23-20(17)21(18)24)27(25,26)16-9-4-8-15(12-16)14-6-2-1-3-7-14/h1-13,24H. The van der Waals surface area contributed by atoms with Gasteiger partial charge in [0.15, 0.2) is 5.75 Å². The number of nitrogens with zero attached hydrogens (tertiary/aromatic N) is 1. The second-order valence-electron chi connectivity index (χ2n) is 6.00. The molecule has 4 rings (SSSR count). The lowest BCUT2D eigenvalue weighted by Crippen LogP contribution is -2.04. The first-order valence-corrected chi connectivity index (χ1v) is 10.0. The summed E-state index contributed by atoms with van der Waals surface area (Å²) in [5.41, 5.74) is 1.87. The van der Waals surface area contributed by atoms with E-state index in [1.165, 1.54) is 12.3 Å². The van der Waals surface area contributed by atoms with Crippen molar-refractivity contribution in [1.29, 1.82) is 0 Å². The van der Waals surface area contributed by atoms with Gasteiger partial charge in [-0.2, -0.15) is 0 Å². The largest absolute Gasteiger partial charge is 0.504 e. The molecule has 0 aliphatic carbocycles. The number of aromatic hydroxyl groups is 1. The number of halogens is 1. The van der Waals surface area contributed by atoms with Crippen molar-refractivity contribution in [2.45, 2.75) is 9.79 Å². The summed E-state index contributed by atoms with van der Waals surface area (Å²) in [6.07, 6.45) is 1.48. The second kappa shape index (κ2) is 6.68. The fourth-order valence-electron chi connectivity index (χ4n) is 2.99. The zero-order valence-corrected chi connectivity index (χ0v) is 15.6. The molecule has 4 nitrogen and oxygen atoms in total. The molecule has 134 valence electrons. The van der Waals surface area contributed by atoms with Crippen molar-refractivity contribution < 1.29 is 13.5 Å². The molecule has 0 fully saturated rings. The molecule has 27 heavy (non-hydrogen) atoms. The molecule has 0 spiro atoms. The summed E-state index contributed by atoms with van der Waals surface area (Å²) in [5.74, 6) is -0.232. The fourth-order valence-corrected chi connectivity index (χ4v) is 4.77. The predicted molar refractivity (Wildman–Crippen MR) is 106 cm³/mol. The molecule has 0 aliphatic heterocycles. The van der Waals surface area contributed by atoms with Crippen LogP contribution in [0.2, 0.25) is 5.02 Å². The number of phenolic OH excluding ortho intramolecular Hbond substituents is 1. The van der Waals surface area contributed by atoms with Crippen LogP contribution in [0.15, 0.2) is 88.8 Å². The summed E-state index contributed by atoms with van der Waals surface area (Å²) >= 11 is 6.06. The molecule has 0 atom stereocenters. The highest BCUT2D eigenvalue weighted by atomic mass is 35.5. The van der Waals surface area contributed by atoms with Crippen LogP contribution >= 0.6 is 11.6 Å². The summed E-state index contributed by atoms with van der Waals surface area (Å²) in [4.78, 5) is 4.24. The van der Waals surface area contributed by atoms with Gasteiger partial charge in [0.1, 0.15) is 5.52 Å². The van der Waals surface area contributed by atoms with Gasteiger partial charge >= 0.3 is 0 Å². The van der Waals surface area contributed by atoms with E-state index in [-0.39, 0.29) is 26.1 Å². The number of fused-ring (bicyclic) bond motifs is 1. The predicted octanol–water partition coefficient (Wildman–Crippen LogP) is 5.09. The highest BCUT2D eigenvalue weighted by Gasteiger charge is 2.24. The Kier molecular flexibility index (Phi) is 4.34. The van der Waals surface area contributed by atoms with Crippen LogP contribution in [0.25, 0.3) is 22.0 Å². The second-order valence-corrected chi connectivity index (χ2v) is 8.33. The molecule has 0 amide bonds. The molecule has 1 aromatic heterocycles. The van der Waals surface area contributed by atoms with Gasteiger partial charge in [0, 0.05) is 11.6 Å². The maximum atomic E-state index is 13.3.